The van der Waals surface area contributed by atoms with Crippen LogP contribution in [0.3, 0.4) is 0 Å². The van der Waals surface area contributed by atoms with Crippen LogP contribution in [0.1, 0.15) is 17.5 Å². The third kappa shape index (κ3) is 8.44. The highest BCUT2D eigenvalue weighted by molar-refractivity contribution is 6.10. The maximum atomic E-state index is 12.2. The number of allylic oxidation sites excluding steroid dienone is 2. The van der Waals surface area contributed by atoms with E-state index in [1.807, 2.05) is 0 Å². The molecule has 8 nitrogen and oxygen atoms in total. The van der Waals surface area contributed by atoms with Crippen molar-refractivity contribution in [3.8, 4) is 23.0 Å². The van der Waals surface area contributed by atoms with Crippen LogP contribution < -0.4 is 30.4 Å². The molecular formula is C25H30N2O6. The van der Waals surface area contributed by atoms with E-state index in [1.165, 1.54) is 26.4 Å². The molecule has 0 bridgehead atoms. The van der Waals surface area contributed by atoms with Crippen molar-refractivity contribution in [3.63, 3.8) is 0 Å². The van der Waals surface area contributed by atoms with E-state index in [-0.39, 0.29) is 18.0 Å². The van der Waals surface area contributed by atoms with Crippen LogP contribution >= 0.6 is 0 Å². The summed E-state index contributed by atoms with van der Waals surface area (Å²) in [5.41, 5.74) is 12.4. The highest BCUT2D eigenvalue weighted by Gasteiger charge is 2.08. The minimum absolute atomic E-state index is 0.239. The quantitative estimate of drug-likeness (QED) is 0.330. The number of hydrogen-bond donors (Lipinski definition) is 2. The number of benzene rings is 2. The molecule has 176 valence electrons. The molecule has 0 unspecified atom stereocenters. The Kier molecular flexibility index (Phi) is 10.7. The van der Waals surface area contributed by atoms with E-state index in [1.54, 1.807) is 48.6 Å². The molecule has 2 rings (SSSR count). The van der Waals surface area contributed by atoms with E-state index in [2.05, 4.69) is 0 Å². The van der Waals surface area contributed by atoms with Gasteiger partial charge >= 0.3 is 0 Å². The largest absolute Gasteiger partial charge is 0.493 e. The Morgan fingerprint density at radius 3 is 1.52 bits per heavy atom. The van der Waals surface area contributed by atoms with Crippen molar-refractivity contribution >= 4 is 23.7 Å². The van der Waals surface area contributed by atoms with Gasteiger partial charge in [0.2, 0.25) is 0 Å². The fourth-order valence-electron chi connectivity index (χ4n) is 2.82. The van der Waals surface area contributed by atoms with Gasteiger partial charge in [0.15, 0.2) is 34.6 Å². The molecule has 0 aliphatic rings. The minimum Gasteiger partial charge on any atom is -0.493 e. The van der Waals surface area contributed by atoms with Crippen molar-refractivity contribution in [3.05, 3.63) is 59.7 Å². The summed E-state index contributed by atoms with van der Waals surface area (Å²) in [6.45, 7) is 1.53. The van der Waals surface area contributed by atoms with Gasteiger partial charge in [0.25, 0.3) is 0 Å². The average Bonchev–Trinajstić information content (AvgIpc) is 2.83. The van der Waals surface area contributed by atoms with E-state index in [0.29, 0.717) is 49.3 Å². The van der Waals surface area contributed by atoms with Crippen molar-refractivity contribution in [2.24, 2.45) is 11.5 Å². The third-order valence-corrected chi connectivity index (χ3v) is 4.40. The van der Waals surface area contributed by atoms with Crippen LogP contribution in [0.2, 0.25) is 0 Å². The first-order valence-electron chi connectivity index (χ1n) is 10.4. The van der Waals surface area contributed by atoms with Crippen LogP contribution in [0.25, 0.3) is 12.2 Å². The smallest absolute Gasteiger partial charge is 0.163 e. The van der Waals surface area contributed by atoms with Crippen LogP contribution in [0, 0.1) is 0 Å². The van der Waals surface area contributed by atoms with Gasteiger partial charge in [-0.15, -0.1) is 0 Å². The molecule has 0 fully saturated rings. The van der Waals surface area contributed by atoms with Crippen LogP contribution in [0.4, 0.5) is 0 Å². The van der Waals surface area contributed by atoms with E-state index in [9.17, 15) is 9.59 Å². The minimum atomic E-state index is -0.310. The second-order valence-corrected chi connectivity index (χ2v) is 6.87. The van der Waals surface area contributed by atoms with E-state index < -0.39 is 0 Å². The lowest BCUT2D eigenvalue weighted by molar-refractivity contribution is -0.121. The molecule has 0 spiro atoms. The highest BCUT2D eigenvalue weighted by atomic mass is 16.5. The summed E-state index contributed by atoms with van der Waals surface area (Å²) in [6.07, 6.45) is 5.75. The fourth-order valence-corrected chi connectivity index (χ4v) is 2.82. The number of rotatable bonds is 14. The van der Waals surface area contributed by atoms with Gasteiger partial charge < -0.3 is 30.4 Å². The van der Waals surface area contributed by atoms with Crippen molar-refractivity contribution < 1.29 is 28.5 Å². The number of carbonyl (C=O) groups excluding carboxylic acids is 2. The molecule has 0 amide bonds. The summed E-state index contributed by atoms with van der Waals surface area (Å²) in [5, 5.41) is 0. The van der Waals surface area contributed by atoms with E-state index >= 15 is 0 Å². The standard InChI is InChI=1S/C25H30N2O6/c1-30-24-15-18(5-9-22(24)32-13-11-26)3-7-20(28)17-21(29)8-4-19-6-10-23(33-14-12-27)25(16-19)31-2/h3-10,15-16H,11-14,17,26-27H2,1-2H3/b7-3-,8-4?. The molecule has 0 saturated carbocycles. The maximum Gasteiger partial charge on any atom is 0.163 e. The lowest BCUT2D eigenvalue weighted by atomic mass is 10.1. The van der Waals surface area contributed by atoms with Crippen LogP contribution in [-0.4, -0.2) is 52.1 Å². The first-order chi connectivity index (χ1) is 16.0. The number of hydrogen-bond acceptors (Lipinski definition) is 8. The molecule has 0 aliphatic carbocycles. The van der Waals surface area contributed by atoms with Gasteiger partial charge in [0, 0.05) is 13.1 Å². The first-order valence-corrected chi connectivity index (χ1v) is 10.4. The topological polar surface area (TPSA) is 123 Å². The summed E-state index contributed by atoms with van der Waals surface area (Å²) in [4.78, 5) is 24.4. The summed E-state index contributed by atoms with van der Waals surface area (Å²) in [6, 6.07) is 10.5. The van der Waals surface area contributed by atoms with Crippen molar-refractivity contribution in [1.29, 1.82) is 0 Å². The van der Waals surface area contributed by atoms with Crippen molar-refractivity contribution in [2.75, 3.05) is 40.5 Å². The lowest BCUT2D eigenvalue weighted by Gasteiger charge is -2.10. The molecule has 0 aliphatic heterocycles. The van der Waals surface area contributed by atoms with Crippen molar-refractivity contribution in [2.45, 2.75) is 6.42 Å². The molecule has 0 atom stereocenters. The van der Waals surface area contributed by atoms with Crippen LogP contribution in [0.15, 0.2) is 48.6 Å². The Morgan fingerprint density at radius 2 is 1.15 bits per heavy atom. The highest BCUT2D eigenvalue weighted by Crippen LogP contribution is 2.29. The van der Waals surface area contributed by atoms with Gasteiger partial charge in [-0.3, -0.25) is 9.59 Å². The van der Waals surface area contributed by atoms with Gasteiger partial charge in [-0.25, -0.2) is 0 Å². The van der Waals surface area contributed by atoms with E-state index in [0.717, 1.165) is 11.1 Å². The summed E-state index contributed by atoms with van der Waals surface area (Å²) in [5.74, 6) is 1.59. The Bertz CT molecular complexity index is 921. The SMILES string of the molecule is COc1cc(C=CC(=O)CC(=O)/C=C\c2ccc(OCCN)c(OC)c2)ccc1OCCN. The predicted octanol–water partition coefficient (Wildman–Crippen LogP) is 2.63. The summed E-state index contributed by atoms with van der Waals surface area (Å²) >= 11 is 0. The van der Waals surface area contributed by atoms with Gasteiger partial charge in [-0.1, -0.05) is 24.3 Å². The number of nitrogens with two attached hydrogens (primary N) is 2. The molecule has 0 saturated heterocycles. The maximum absolute atomic E-state index is 12.2. The zero-order chi connectivity index (χ0) is 24.1. The van der Waals surface area contributed by atoms with Gasteiger partial charge in [0.05, 0.1) is 20.6 Å². The second-order valence-electron chi connectivity index (χ2n) is 6.87. The number of ether oxygens (including phenoxy) is 4. The molecule has 2 aromatic carbocycles. The molecule has 33 heavy (non-hydrogen) atoms. The predicted molar refractivity (Wildman–Crippen MR) is 128 cm³/mol. The Morgan fingerprint density at radius 1 is 0.727 bits per heavy atom. The molecule has 0 aromatic heterocycles. The van der Waals surface area contributed by atoms with Gasteiger partial charge in [0.1, 0.15) is 13.2 Å². The Labute approximate surface area is 193 Å². The molecular weight excluding hydrogens is 424 g/mol. The zero-order valence-electron chi connectivity index (χ0n) is 18.9. The lowest BCUT2D eigenvalue weighted by Crippen LogP contribution is -2.11. The normalized spacial score (nSPS) is 11.0. The van der Waals surface area contributed by atoms with Crippen LogP contribution in [-0.2, 0) is 9.59 Å². The van der Waals surface area contributed by atoms with Gasteiger partial charge in [-0.2, -0.15) is 0 Å². The molecule has 0 radical (unpaired) electrons. The number of methoxy groups -OCH3 is 2. The van der Waals surface area contributed by atoms with Crippen molar-refractivity contribution in [1.82, 2.24) is 0 Å². The second kappa shape index (κ2) is 13.7. The molecule has 8 heteroatoms. The Hall–Kier alpha value is -3.62. The van der Waals surface area contributed by atoms with Gasteiger partial charge in [-0.05, 0) is 47.5 Å². The van der Waals surface area contributed by atoms with E-state index in [4.69, 9.17) is 30.4 Å². The Balaban J connectivity index is 1.95. The molecule has 0 heterocycles. The molecule has 2 aromatic rings. The monoisotopic (exact) mass is 454 g/mol. The number of carbonyl (C=O) groups is 2. The average molecular weight is 455 g/mol. The summed E-state index contributed by atoms with van der Waals surface area (Å²) < 4.78 is 21.6. The zero-order valence-corrected chi connectivity index (χ0v) is 18.9. The third-order valence-electron chi connectivity index (χ3n) is 4.40. The first kappa shape index (κ1) is 25.6. The molecule has 4 N–H and O–H groups in total. The number of ketones is 2. The van der Waals surface area contributed by atoms with Crippen LogP contribution in [0.5, 0.6) is 23.0 Å². The fraction of sp³-hybridized carbons (Fsp3) is 0.280. The summed E-state index contributed by atoms with van der Waals surface area (Å²) in [7, 11) is 3.06.